The second-order valence-corrected chi connectivity index (χ2v) is 11.0. The third kappa shape index (κ3) is 6.22. The van der Waals surface area contributed by atoms with Gasteiger partial charge in [-0.3, -0.25) is 0 Å². The minimum atomic E-state index is -0.868. The van der Waals surface area contributed by atoms with Crippen LogP contribution in [0.2, 0.25) is 0 Å². The molecule has 1 aromatic rings. The highest BCUT2D eigenvalue weighted by Gasteiger charge is 2.52. The van der Waals surface area contributed by atoms with Crippen molar-refractivity contribution in [1.82, 2.24) is 4.98 Å². The van der Waals surface area contributed by atoms with Crippen LogP contribution in [0.4, 0.5) is 15.4 Å². The number of aromatic nitrogens is 1. The highest BCUT2D eigenvalue weighted by atomic mass is 16.7. The van der Waals surface area contributed by atoms with Crippen LogP contribution in [0.5, 0.6) is 0 Å². The quantitative estimate of drug-likeness (QED) is 0.624. The topological polar surface area (TPSA) is 87.2 Å². The Kier molecular flexibility index (Phi) is 7.08. The summed E-state index contributed by atoms with van der Waals surface area (Å²) in [4.78, 5) is 31.4. The molecule has 1 aliphatic rings. The number of hydrogen-bond donors (Lipinski definition) is 0. The summed E-state index contributed by atoms with van der Waals surface area (Å²) < 4.78 is 23.3. The minimum Gasteiger partial charge on any atom is -0.443 e. The van der Waals surface area contributed by atoms with Crippen LogP contribution in [-0.2, 0) is 25.2 Å². The van der Waals surface area contributed by atoms with Crippen LogP contribution in [0.3, 0.4) is 0 Å². The van der Waals surface area contributed by atoms with E-state index in [0.29, 0.717) is 17.6 Å². The van der Waals surface area contributed by atoms with Gasteiger partial charge in [-0.05, 0) is 93.3 Å². The van der Waals surface area contributed by atoms with E-state index < -0.39 is 41.7 Å². The lowest BCUT2D eigenvalue weighted by Crippen LogP contribution is -2.45. The maximum atomic E-state index is 13.0. The number of carbonyl (C=O) groups is 2. The lowest BCUT2D eigenvalue weighted by atomic mass is 9.79. The van der Waals surface area contributed by atoms with E-state index in [9.17, 15) is 9.59 Å². The predicted molar refractivity (Wildman–Crippen MR) is 124 cm³/mol. The van der Waals surface area contributed by atoms with Gasteiger partial charge in [0.25, 0.3) is 0 Å². The Morgan fingerprint density at radius 2 is 1.38 bits per heavy atom. The fraction of sp³-hybridized carbons (Fsp3) is 0.696. The summed E-state index contributed by atoms with van der Waals surface area (Å²) in [5, 5.41) is 0. The third-order valence-electron chi connectivity index (χ3n) is 5.16. The van der Waals surface area contributed by atoms with Gasteiger partial charge < -0.3 is 18.8 Å². The molecule has 9 heteroatoms. The molecule has 0 radical (unpaired) electrons. The molecule has 8 nitrogen and oxygen atoms in total. The Morgan fingerprint density at radius 1 is 0.938 bits per heavy atom. The first kappa shape index (κ1) is 26.1. The van der Waals surface area contributed by atoms with Gasteiger partial charge in [-0.2, -0.15) is 4.90 Å². The highest BCUT2D eigenvalue weighted by Crippen LogP contribution is 2.36. The van der Waals surface area contributed by atoms with Crippen molar-refractivity contribution in [3.63, 3.8) is 0 Å². The molecule has 1 aromatic heterocycles. The summed E-state index contributed by atoms with van der Waals surface area (Å²) in [7, 11) is -0.675. The minimum absolute atomic E-state index is 0.0950. The van der Waals surface area contributed by atoms with Gasteiger partial charge in [0, 0.05) is 5.69 Å². The number of carbonyl (C=O) groups excluding carboxylic acids is 2. The zero-order valence-electron chi connectivity index (χ0n) is 21.3. The molecular formula is C23H37BN2O6. The Bertz CT molecular complexity index is 826. The second kappa shape index (κ2) is 8.67. The number of rotatable bonds is 3. The normalized spacial score (nSPS) is 17.8. The van der Waals surface area contributed by atoms with E-state index in [2.05, 4.69) is 4.98 Å². The molecule has 1 fully saturated rings. The molecule has 1 aliphatic heterocycles. The van der Waals surface area contributed by atoms with Crippen molar-refractivity contribution in [2.75, 3.05) is 4.90 Å². The van der Waals surface area contributed by atoms with Gasteiger partial charge in [0.15, 0.2) is 0 Å². The average molecular weight is 448 g/mol. The van der Waals surface area contributed by atoms with E-state index in [-0.39, 0.29) is 5.82 Å². The summed E-state index contributed by atoms with van der Waals surface area (Å²) in [6, 6.07) is 3.46. The lowest BCUT2D eigenvalue weighted by Gasteiger charge is -2.32. The van der Waals surface area contributed by atoms with E-state index in [1.54, 1.807) is 47.6 Å². The largest absolute Gasteiger partial charge is 0.495 e. The number of aryl methyl sites for hydroxylation is 1. The maximum absolute atomic E-state index is 13.0. The third-order valence-corrected chi connectivity index (χ3v) is 5.16. The smallest absolute Gasteiger partial charge is 0.443 e. The summed E-state index contributed by atoms with van der Waals surface area (Å²) in [5.41, 5.74) is -1.37. The average Bonchev–Trinajstić information content (AvgIpc) is 2.79. The Balaban J connectivity index is 2.54. The summed E-state index contributed by atoms with van der Waals surface area (Å²) in [6.07, 6.45) is -1.16. The van der Waals surface area contributed by atoms with Crippen molar-refractivity contribution in [3.05, 3.63) is 17.8 Å². The fourth-order valence-electron chi connectivity index (χ4n) is 2.88. The van der Waals surface area contributed by atoms with E-state index in [0.717, 1.165) is 4.90 Å². The van der Waals surface area contributed by atoms with Crippen LogP contribution in [-0.4, -0.2) is 46.7 Å². The van der Waals surface area contributed by atoms with Crippen LogP contribution in [0.15, 0.2) is 12.1 Å². The molecule has 0 spiro atoms. The predicted octanol–water partition coefficient (Wildman–Crippen LogP) is 4.62. The van der Waals surface area contributed by atoms with E-state index in [1.165, 1.54) is 0 Å². The first-order valence-corrected chi connectivity index (χ1v) is 11.0. The number of imide groups is 1. The summed E-state index contributed by atoms with van der Waals surface area (Å²) >= 11 is 0. The number of pyridine rings is 1. The van der Waals surface area contributed by atoms with Crippen molar-refractivity contribution in [2.45, 2.75) is 105 Å². The number of hydrogen-bond acceptors (Lipinski definition) is 7. The number of nitrogens with zero attached hydrogens (tertiary/aromatic N) is 2. The van der Waals surface area contributed by atoms with Gasteiger partial charge in [-0.25, -0.2) is 14.6 Å². The van der Waals surface area contributed by atoms with Crippen molar-refractivity contribution in [2.24, 2.45) is 0 Å². The molecule has 32 heavy (non-hydrogen) atoms. The SMILES string of the molecule is CCc1cc(B2OC(C)(C)C(C)(C)O2)cc(N(C(=O)OC(C)(C)C)C(=O)OC(C)(C)C)n1. The molecule has 0 atom stereocenters. The van der Waals surface area contributed by atoms with Crippen molar-refractivity contribution < 1.29 is 28.4 Å². The Hall–Kier alpha value is -2.13. The van der Waals surface area contributed by atoms with Crippen molar-refractivity contribution >= 4 is 30.6 Å². The molecule has 0 bridgehead atoms. The molecule has 0 N–H and O–H groups in total. The monoisotopic (exact) mass is 448 g/mol. The molecule has 1 saturated heterocycles. The van der Waals surface area contributed by atoms with Crippen molar-refractivity contribution in [1.29, 1.82) is 0 Å². The molecule has 2 amide bonds. The van der Waals surface area contributed by atoms with E-state index in [4.69, 9.17) is 18.8 Å². The standard InChI is InChI=1S/C23H37BN2O6/c1-12-16-13-15(24-31-22(8,9)23(10,11)32-24)14-17(25-16)26(18(27)29-20(2,3)4)19(28)30-21(5,6)7/h13-14H,12H2,1-11H3. The molecule has 0 saturated carbocycles. The van der Waals surface area contributed by atoms with Gasteiger partial charge in [0.2, 0.25) is 0 Å². The van der Waals surface area contributed by atoms with Gasteiger partial charge in [-0.1, -0.05) is 6.92 Å². The van der Waals surface area contributed by atoms with Crippen LogP contribution < -0.4 is 10.4 Å². The Morgan fingerprint density at radius 3 is 1.75 bits per heavy atom. The molecular weight excluding hydrogens is 411 g/mol. The first-order chi connectivity index (χ1) is 14.4. The molecule has 178 valence electrons. The van der Waals surface area contributed by atoms with Crippen LogP contribution in [0.25, 0.3) is 0 Å². The van der Waals surface area contributed by atoms with Gasteiger partial charge in [0.1, 0.15) is 17.0 Å². The molecule has 2 heterocycles. The summed E-state index contributed by atoms with van der Waals surface area (Å²) in [5.74, 6) is 0.0950. The maximum Gasteiger partial charge on any atom is 0.495 e. The number of anilines is 1. The van der Waals surface area contributed by atoms with Gasteiger partial charge in [-0.15, -0.1) is 0 Å². The first-order valence-electron chi connectivity index (χ1n) is 11.0. The Labute approximate surface area is 192 Å². The number of amides is 2. The second-order valence-electron chi connectivity index (χ2n) is 11.0. The molecule has 0 aromatic carbocycles. The van der Waals surface area contributed by atoms with Crippen LogP contribution in [0, 0.1) is 0 Å². The van der Waals surface area contributed by atoms with E-state index in [1.807, 2.05) is 40.7 Å². The van der Waals surface area contributed by atoms with Crippen LogP contribution in [0.1, 0.15) is 81.9 Å². The zero-order chi connectivity index (χ0) is 24.7. The fourth-order valence-corrected chi connectivity index (χ4v) is 2.88. The number of ether oxygens (including phenoxy) is 2. The van der Waals surface area contributed by atoms with Gasteiger partial charge in [0.05, 0.1) is 11.2 Å². The lowest BCUT2D eigenvalue weighted by molar-refractivity contribution is 0.00578. The molecule has 0 unspecified atom stereocenters. The van der Waals surface area contributed by atoms with E-state index >= 15 is 0 Å². The zero-order valence-corrected chi connectivity index (χ0v) is 21.3. The summed E-state index contributed by atoms with van der Waals surface area (Å²) in [6.45, 7) is 20.1. The van der Waals surface area contributed by atoms with Crippen molar-refractivity contribution in [3.8, 4) is 0 Å². The molecule has 2 rings (SSSR count). The highest BCUT2D eigenvalue weighted by molar-refractivity contribution is 6.62. The van der Waals surface area contributed by atoms with Crippen LogP contribution >= 0.6 is 0 Å². The molecule has 0 aliphatic carbocycles. The van der Waals surface area contributed by atoms with Gasteiger partial charge >= 0.3 is 19.3 Å².